The van der Waals surface area contributed by atoms with Crippen LogP contribution in [0.25, 0.3) is 0 Å². The summed E-state index contributed by atoms with van der Waals surface area (Å²) < 4.78 is 4.67. The monoisotopic (exact) mass is 174 g/mol. The molecule has 0 aromatic rings. The molecule has 4 nitrogen and oxygen atoms in total. The van der Waals surface area contributed by atoms with Crippen molar-refractivity contribution in [1.29, 1.82) is 0 Å². The van der Waals surface area contributed by atoms with Crippen LogP contribution in [-0.2, 0) is 4.74 Å². The Hall–Kier alpha value is -0.770. The summed E-state index contributed by atoms with van der Waals surface area (Å²) in [5.74, 6) is 0.582. The lowest BCUT2D eigenvalue weighted by atomic mass is 10.0. The number of hydrogen-bond donors (Lipinski definition) is 2. The Morgan fingerprint density at radius 2 is 2.17 bits per heavy atom. The molecule has 0 aromatic heterocycles. The first-order chi connectivity index (χ1) is 5.56. The molecule has 0 aliphatic rings. The van der Waals surface area contributed by atoms with Gasteiger partial charge in [0.1, 0.15) is 6.61 Å². The van der Waals surface area contributed by atoms with E-state index in [0.717, 1.165) is 6.42 Å². The minimum atomic E-state index is -0.709. The van der Waals surface area contributed by atoms with E-state index >= 15 is 0 Å². The molecule has 12 heavy (non-hydrogen) atoms. The van der Waals surface area contributed by atoms with Crippen molar-refractivity contribution < 1.29 is 9.53 Å². The van der Waals surface area contributed by atoms with E-state index in [1.165, 1.54) is 0 Å². The third kappa shape index (κ3) is 5.97. The molecule has 0 aliphatic heterocycles. The van der Waals surface area contributed by atoms with E-state index in [-0.39, 0.29) is 6.04 Å². The summed E-state index contributed by atoms with van der Waals surface area (Å²) in [4.78, 5) is 10.3. The summed E-state index contributed by atoms with van der Waals surface area (Å²) in [6, 6.07) is 0.206. The van der Waals surface area contributed by atoms with Crippen molar-refractivity contribution >= 4 is 6.09 Å². The van der Waals surface area contributed by atoms with E-state index < -0.39 is 6.09 Å². The van der Waals surface area contributed by atoms with Crippen LogP contribution in [-0.4, -0.2) is 25.8 Å². The predicted molar refractivity (Wildman–Crippen MR) is 47.8 cm³/mol. The number of ether oxygens (including phenoxy) is 1. The first-order valence-corrected chi connectivity index (χ1v) is 4.15. The normalized spacial score (nSPS) is 13.0. The van der Waals surface area contributed by atoms with Crippen molar-refractivity contribution in [3.05, 3.63) is 0 Å². The van der Waals surface area contributed by atoms with Gasteiger partial charge in [0.2, 0.25) is 0 Å². The second-order valence-electron chi connectivity index (χ2n) is 3.25. The maximum Gasteiger partial charge on any atom is 0.404 e. The Morgan fingerprint density at radius 3 is 2.50 bits per heavy atom. The summed E-state index contributed by atoms with van der Waals surface area (Å²) in [7, 11) is 1.84. The van der Waals surface area contributed by atoms with Gasteiger partial charge in [-0.05, 0) is 19.4 Å². The smallest absolute Gasteiger partial charge is 0.404 e. The Kier molecular flexibility index (Phi) is 5.45. The average molecular weight is 174 g/mol. The summed E-state index contributed by atoms with van der Waals surface area (Å²) >= 11 is 0. The number of hydrogen-bond acceptors (Lipinski definition) is 3. The Balaban J connectivity index is 3.60. The van der Waals surface area contributed by atoms with E-state index in [4.69, 9.17) is 5.73 Å². The summed E-state index contributed by atoms with van der Waals surface area (Å²) in [6.07, 6.45) is 0.267. The number of rotatable bonds is 5. The topological polar surface area (TPSA) is 64.3 Å². The molecule has 1 amide bonds. The second kappa shape index (κ2) is 5.83. The van der Waals surface area contributed by atoms with Crippen LogP contribution in [0.5, 0.6) is 0 Å². The minimum absolute atomic E-state index is 0.206. The van der Waals surface area contributed by atoms with Crippen molar-refractivity contribution in [2.45, 2.75) is 26.3 Å². The Bertz CT molecular complexity index is 137. The zero-order chi connectivity index (χ0) is 9.56. The van der Waals surface area contributed by atoms with Gasteiger partial charge in [0, 0.05) is 6.04 Å². The maximum absolute atomic E-state index is 10.3. The molecule has 1 unspecified atom stereocenters. The zero-order valence-corrected chi connectivity index (χ0v) is 7.96. The average Bonchev–Trinajstić information content (AvgIpc) is 1.97. The van der Waals surface area contributed by atoms with Gasteiger partial charge in [0.05, 0.1) is 0 Å². The summed E-state index contributed by atoms with van der Waals surface area (Å²) in [5, 5.41) is 3.06. The van der Waals surface area contributed by atoms with Gasteiger partial charge in [-0.3, -0.25) is 0 Å². The van der Waals surface area contributed by atoms with E-state index in [1.807, 2.05) is 7.05 Å². The molecule has 0 aromatic carbocycles. The molecular formula is C8H18N2O2. The van der Waals surface area contributed by atoms with Gasteiger partial charge in [-0.15, -0.1) is 0 Å². The number of amides is 1. The van der Waals surface area contributed by atoms with Gasteiger partial charge in [-0.2, -0.15) is 0 Å². The third-order valence-corrected chi connectivity index (χ3v) is 1.59. The van der Waals surface area contributed by atoms with Crippen LogP contribution >= 0.6 is 0 Å². The Labute approximate surface area is 73.5 Å². The third-order valence-electron chi connectivity index (χ3n) is 1.59. The molecule has 0 radical (unpaired) electrons. The molecule has 0 saturated carbocycles. The number of likely N-dealkylation sites (N-methyl/N-ethyl adjacent to an activating group) is 1. The lowest BCUT2D eigenvalue weighted by molar-refractivity contribution is 0.140. The van der Waals surface area contributed by atoms with Gasteiger partial charge in [0.15, 0.2) is 0 Å². The molecule has 0 heterocycles. The van der Waals surface area contributed by atoms with Crippen LogP contribution in [0, 0.1) is 5.92 Å². The number of carbonyl (C=O) groups is 1. The lowest BCUT2D eigenvalue weighted by Crippen LogP contribution is -2.33. The fourth-order valence-corrected chi connectivity index (χ4v) is 1.02. The zero-order valence-electron chi connectivity index (χ0n) is 7.96. The molecule has 0 spiro atoms. The van der Waals surface area contributed by atoms with Crippen molar-refractivity contribution in [3.8, 4) is 0 Å². The number of primary amides is 1. The summed E-state index contributed by atoms with van der Waals surface area (Å²) in [6.45, 7) is 4.59. The number of carbonyl (C=O) groups excluding carboxylic acids is 1. The molecule has 0 rings (SSSR count). The van der Waals surface area contributed by atoms with Crippen LogP contribution in [0.15, 0.2) is 0 Å². The molecule has 0 fully saturated rings. The quantitative estimate of drug-likeness (QED) is 0.645. The molecule has 3 N–H and O–H groups in total. The van der Waals surface area contributed by atoms with Crippen LogP contribution in [0.1, 0.15) is 20.3 Å². The first-order valence-electron chi connectivity index (χ1n) is 4.15. The van der Waals surface area contributed by atoms with E-state index in [1.54, 1.807) is 0 Å². The fraction of sp³-hybridized carbons (Fsp3) is 0.875. The highest BCUT2D eigenvalue weighted by Crippen LogP contribution is 2.04. The van der Waals surface area contributed by atoms with Crippen LogP contribution in [0.3, 0.4) is 0 Å². The van der Waals surface area contributed by atoms with Gasteiger partial charge < -0.3 is 15.8 Å². The second-order valence-corrected chi connectivity index (χ2v) is 3.25. The SMILES string of the molecule is CNC(COC(N)=O)CC(C)C. The van der Waals surface area contributed by atoms with Crippen LogP contribution < -0.4 is 11.1 Å². The number of nitrogens with one attached hydrogen (secondary N) is 1. The number of nitrogens with two attached hydrogens (primary N) is 1. The highest BCUT2D eigenvalue weighted by molar-refractivity contribution is 5.64. The molecular weight excluding hydrogens is 156 g/mol. The van der Waals surface area contributed by atoms with Gasteiger partial charge >= 0.3 is 6.09 Å². The molecule has 0 aliphatic carbocycles. The largest absolute Gasteiger partial charge is 0.448 e. The molecule has 1 atom stereocenters. The molecule has 0 saturated heterocycles. The van der Waals surface area contributed by atoms with E-state index in [2.05, 4.69) is 23.9 Å². The van der Waals surface area contributed by atoms with Crippen LogP contribution in [0.2, 0.25) is 0 Å². The van der Waals surface area contributed by atoms with E-state index in [9.17, 15) is 4.79 Å². The van der Waals surface area contributed by atoms with Gasteiger partial charge in [-0.1, -0.05) is 13.8 Å². The highest BCUT2D eigenvalue weighted by Gasteiger charge is 2.09. The van der Waals surface area contributed by atoms with Crippen LogP contribution in [0.4, 0.5) is 4.79 Å². The standard InChI is InChI=1S/C8H18N2O2/c1-6(2)4-7(10-3)5-12-8(9)11/h6-7,10H,4-5H2,1-3H3,(H2,9,11). The maximum atomic E-state index is 10.3. The van der Waals surface area contributed by atoms with Gasteiger partial charge in [0.25, 0.3) is 0 Å². The lowest BCUT2D eigenvalue weighted by Gasteiger charge is -2.17. The van der Waals surface area contributed by atoms with Crippen molar-refractivity contribution in [1.82, 2.24) is 5.32 Å². The minimum Gasteiger partial charge on any atom is -0.448 e. The first kappa shape index (κ1) is 11.2. The van der Waals surface area contributed by atoms with Crippen molar-refractivity contribution in [2.75, 3.05) is 13.7 Å². The van der Waals surface area contributed by atoms with Crippen molar-refractivity contribution in [3.63, 3.8) is 0 Å². The molecule has 0 bridgehead atoms. The Morgan fingerprint density at radius 1 is 1.58 bits per heavy atom. The van der Waals surface area contributed by atoms with Crippen molar-refractivity contribution in [2.24, 2.45) is 11.7 Å². The highest BCUT2D eigenvalue weighted by atomic mass is 16.5. The molecule has 72 valence electrons. The summed E-state index contributed by atoms with van der Waals surface area (Å²) in [5.41, 5.74) is 4.84. The van der Waals surface area contributed by atoms with E-state index in [0.29, 0.717) is 12.5 Å². The molecule has 4 heteroatoms. The predicted octanol–water partition coefficient (Wildman–Crippen LogP) is 0.716. The fourth-order valence-electron chi connectivity index (χ4n) is 1.02. The van der Waals surface area contributed by atoms with Gasteiger partial charge in [-0.25, -0.2) is 4.79 Å².